The molecule has 14 nitrogen and oxygen atoms in total. The van der Waals surface area contributed by atoms with Gasteiger partial charge >= 0.3 is 23.9 Å². The lowest BCUT2D eigenvalue weighted by Crippen LogP contribution is -2.39. The predicted octanol–water partition coefficient (Wildman–Crippen LogP) is 5.57. The van der Waals surface area contributed by atoms with Crippen molar-refractivity contribution in [3.05, 3.63) is 60.2 Å². The first-order chi connectivity index (χ1) is 24.8. The van der Waals surface area contributed by atoms with Crippen molar-refractivity contribution in [2.75, 3.05) is 26.2 Å². The van der Waals surface area contributed by atoms with Crippen molar-refractivity contribution in [3.8, 4) is 22.8 Å². The maximum absolute atomic E-state index is 12.8. The number of hydrogen-bond donors (Lipinski definition) is 0. The summed E-state index contributed by atoms with van der Waals surface area (Å²) in [6.45, 7) is 21.1. The summed E-state index contributed by atoms with van der Waals surface area (Å²) in [5.41, 5.74) is 0.405. The second-order valence-electron chi connectivity index (χ2n) is 17.0. The Morgan fingerprint density at radius 2 is 0.759 bits per heavy atom. The van der Waals surface area contributed by atoms with E-state index in [1.165, 1.54) is 0 Å². The minimum atomic E-state index is -0.690. The molecule has 0 spiro atoms. The molecule has 0 fully saturated rings. The van der Waals surface area contributed by atoms with Gasteiger partial charge in [0.05, 0.1) is 61.3 Å². The molecule has 14 heteroatoms. The van der Waals surface area contributed by atoms with Gasteiger partial charge in [-0.15, -0.1) is 0 Å². The van der Waals surface area contributed by atoms with Gasteiger partial charge < -0.3 is 18.9 Å². The first-order valence-corrected chi connectivity index (χ1v) is 17.9. The average molecular weight is 749 g/mol. The number of ether oxygens (including phenoxy) is 4. The summed E-state index contributed by atoms with van der Waals surface area (Å²) in [5, 5.41) is 0. The topological polar surface area (TPSA) is 163 Å². The van der Waals surface area contributed by atoms with E-state index in [1.807, 2.05) is 12.1 Å². The van der Waals surface area contributed by atoms with Gasteiger partial charge in [0, 0.05) is 13.1 Å². The van der Waals surface area contributed by atoms with Crippen molar-refractivity contribution >= 4 is 23.9 Å². The summed E-state index contributed by atoms with van der Waals surface area (Å²) in [6, 6.07) is 10.8. The minimum absolute atomic E-state index is 0.146. The smallest absolute Gasteiger partial charge is 0.320 e. The Hall–Kier alpha value is -4.82. The standard InChI is InChI=1S/C40H56N6O8/c1-37(2,3)51-33(47)23-45(24-34(48)52-38(4,5)6)21-27-15-13-17-29(42-27)31-19-41-20-32(44-31)30-18-14-16-28(43-30)22-46(25-35(49)53-39(7,8)9)26-36(50)54-40(10,11)12/h13-20H,21-26H2,1-12H3. The Bertz CT molecular complexity index is 1580. The van der Waals surface area contributed by atoms with E-state index in [9.17, 15) is 19.2 Å². The highest BCUT2D eigenvalue weighted by Gasteiger charge is 2.26. The fraction of sp³-hybridized carbons (Fsp3) is 0.550. The van der Waals surface area contributed by atoms with E-state index in [1.54, 1.807) is 130 Å². The number of aromatic nitrogens is 4. The van der Waals surface area contributed by atoms with Gasteiger partial charge in [0.1, 0.15) is 33.8 Å². The molecule has 0 bridgehead atoms. The molecular weight excluding hydrogens is 692 g/mol. The van der Waals surface area contributed by atoms with Crippen LogP contribution in [-0.4, -0.2) is 102 Å². The van der Waals surface area contributed by atoms with Crippen molar-refractivity contribution in [1.82, 2.24) is 29.7 Å². The maximum atomic E-state index is 12.8. The Labute approximate surface area is 319 Å². The monoisotopic (exact) mass is 748 g/mol. The van der Waals surface area contributed by atoms with E-state index in [0.717, 1.165) is 0 Å². The van der Waals surface area contributed by atoms with E-state index in [2.05, 4.69) is 4.98 Å². The summed E-state index contributed by atoms with van der Waals surface area (Å²) in [7, 11) is 0. The number of hydrogen-bond acceptors (Lipinski definition) is 14. The van der Waals surface area contributed by atoms with Crippen molar-refractivity contribution in [3.63, 3.8) is 0 Å². The molecule has 0 atom stereocenters. The summed E-state index contributed by atoms with van der Waals surface area (Å²) in [5.74, 6) is -1.91. The van der Waals surface area contributed by atoms with Crippen LogP contribution in [0.4, 0.5) is 0 Å². The quantitative estimate of drug-likeness (QED) is 0.148. The molecule has 0 aliphatic carbocycles. The van der Waals surface area contributed by atoms with Crippen LogP contribution in [0.5, 0.6) is 0 Å². The van der Waals surface area contributed by atoms with E-state index in [0.29, 0.717) is 34.2 Å². The van der Waals surface area contributed by atoms with Gasteiger partial charge in [0.15, 0.2) is 0 Å². The third-order valence-corrected chi connectivity index (χ3v) is 6.64. The largest absolute Gasteiger partial charge is 0.459 e. The zero-order chi connectivity index (χ0) is 40.5. The van der Waals surface area contributed by atoms with Crippen LogP contribution in [0.1, 0.15) is 94.5 Å². The number of rotatable bonds is 14. The van der Waals surface area contributed by atoms with Crippen LogP contribution >= 0.6 is 0 Å². The molecule has 0 radical (unpaired) electrons. The predicted molar refractivity (Wildman–Crippen MR) is 202 cm³/mol. The van der Waals surface area contributed by atoms with Gasteiger partial charge in [0.25, 0.3) is 0 Å². The summed E-state index contributed by atoms with van der Waals surface area (Å²) in [6.07, 6.45) is 3.17. The molecule has 0 unspecified atom stereocenters. The molecule has 0 aromatic carbocycles. The third kappa shape index (κ3) is 16.9. The first-order valence-electron chi connectivity index (χ1n) is 17.9. The summed E-state index contributed by atoms with van der Waals surface area (Å²) in [4.78, 5) is 73.1. The highest BCUT2D eigenvalue weighted by molar-refractivity contribution is 5.76. The average Bonchev–Trinajstić information content (AvgIpc) is 2.97. The Kier molecular flexibility index (Phi) is 14.5. The third-order valence-electron chi connectivity index (χ3n) is 6.64. The molecule has 0 aliphatic heterocycles. The maximum Gasteiger partial charge on any atom is 0.320 e. The molecule has 0 saturated heterocycles. The van der Waals surface area contributed by atoms with Crippen LogP contribution < -0.4 is 0 Å². The van der Waals surface area contributed by atoms with Gasteiger partial charge in [-0.05, 0) is 107 Å². The second kappa shape index (κ2) is 18.0. The summed E-state index contributed by atoms with van der Waals surface area (Å²) < 4.78 is 22.1. The molecule has 294 valence electrons. The zero-order valence-electron chi connectivity index (χ0n) is 33.8. The lowest BCUT2D eigenvalue weighted by atomic mass is 10.2. The number of carbonyl (C=O) groups excluding carboxylic acids is 4. The number of carbonyl (C=O) groups is 4. The molecule has 3 aromatic rings. The molecule has 0 aliphatic rings. The lowest BCUT2D eigenvalue weighted by molar-refractivity contribution is -0.162. The first kappa shape index (κ1) is 43.6. The van der Waals surface area contributed by atoms with E-state index in [-0.39, 0.29) is 39.3 Å². The Balaban J connectivity index is 1.85. The van der Waals surface area contributed by atoms with E-state index in [4.69, 9.17) is 33.9 Å². The van der Waals surface area contributed by atoms with Crippen molar-refractivity contribution in [2.45, 2.75) is 119 Å². The number of nitrogens with zero attached hydrogens (tertiary/aromatic N) is 6. The fourth-order valence-electron chi connectivity index (χ4n) is 5.05. The van der Waals surface area contributed by atoms with E-state index >= 15 is 0 Å². The highest BCUT2D eigenvalue weighted by Crippen LogP contribution is 2.21. The molecule has 0 N–H and O–H groups in total. The highest BCUT2D eigenvalue weighted by atomic mass is 16.6. The van der Waals surface area contributed by atoms with Gasteiger partial charge in [-0.1, -0.05) is 12.1 Å². The molecule has 54 heavy (non-hydrogen) atoms. The van der Waals surface area contributed by atoms with Crippen LogP contribution in [0.3, 0.4) is 0 Å². The number of pyridine rings is 2. The van der Waals surface area contributed by atoms with Gasteiger partial charge in [-0.3, -0.25) is 34.0 Å². The second-order valence-corrected chi connectivity index (χ2v) is 17.0. The van der Waals surface area contributed by atoms with Gasteiger partial charge in [0.2, 0.25) is 0 Å². The fourth-order valence-corrected chi connectivity index (χ4v) is 5.05. The van der Waals surface area contributed by atoms with Gasteiger partial charge in [-0.2, -0.15) is 0 Å². The van der Waals surface area contributed by atoms with Crippen LogP contribution in [0, 0.1) is 0 Å². The van der Waals surface area contributed by atoms with Crippen molar-refractivity contribution in [1.29, 1.82) is 0 Å². The van der Waals surface area contributed by atoms with Crippen molar-refractivity contribution in [2.24, 2.45) is 0 Å². The van der Waals surface area contributed by atoms with Crippen LogP contribution in [0.25, 0.3) is 22.8 Å². The van der Waals surface area contributed by atoms with Crippen LogP contribution in [-0.2, 0) is 51.2 Å². The molecular formula is C40H56N6O8. The minimum Gasteiger partial charge on any atom is -0.459 e. The Morgan fingerprint density at radius 3 is 1.04 bits per heavy atom. The van der Waals surface area contributed by atoms with E-state index < -0.39 is 46.3 Å². The van der Waals surface area contributed by atoms with Crippen LogP contribution in [0.15, 0.2) is 48.8 Å². The number of esters is 4. The zero-order valence-corrected chi connectivity index (χ0v) is 33.8. The Morgan fingerprint density at radius 1 is 0.463 bits per heavy atom. The summed E-state index contributed by atoms with van der Waals surface area (Å²) >= 11 is 0. The molecule has 3 heterocycles. The van der Waals surface area contributed by atoms with Gasteiger partial charge in [-0.25, -0.2) is 15.0 Å². The van der Waals surface area contributed by atoms with Crippen LogP contribution in [0.2, 0.25) is 0 Å². The SMILES string of the molecule is CC(C)(C)OC(=O)CN(CC(=O)OC(C)(C)C)Cc1cccc(-c2cncc(-c3cccc(CN(CC(=O)OC(C)(C)C)CC(=O)OC(C)(C)C)n3)n2)n1. The van der Waals surface area contributed by atoms with Crippen molar-refractivity contribution < 1.29 is 38.1 Å². The normalized spacial score (nSPS) is 12.4. The molecule has 0 saturated carbocycles. The lowest BCUT2D eigenvalue weighted by Gasteiger charge is -2.26. The molecule has 3 aromatic heterocycles. The molecule has 0 amide bonds. The molecule has 3 rings (SSSR count).